The van der Waals surface area contributed by atoms with E-state index in [0.29, 0.717) is 19.3 Å². The number of esters is 3. The average molecular weight is 793 g/mol. The molecule has 6 nitrogen and oxygen atoms in total. The first-order valence-electron chi connectivity index (χ1n) is 23.2. The van der Waals surface area contributed by atoms with Crippen LogP contribution in [0.25, 0.3) is 0 Å². The van der Waals surface area contributed by atoms with E-state index in [1.54, 1.807) is 0 Å². The average Bonchev–Trinajstić information content (AvgIpc) is 3.21. The van der Waals surface area contributed by atoms with Crippen LogP contribution in [0, 0.1) is 0 Å². The van der Waals surface area contributed by atoms with Gasteiger partial charge < -0.3 is 14.2 Å². The molecule has 0 aliphatic rings. The van der Waals surface area contributed by atoms with E-state index in [1.807, 2.05) is 48.6 Å². The molecule has 0 aromatic carbocycles. The molecule has 0 spiro atoms. The lowest BCUT2D eigenvalue weighted by Gasteiger charge is -2.18. The summed E-state index contributed by atoms with van der Waals surface area (Å²) in [6, 6.07) is 0. The van der Waals surface area contributed by atoms with E-state index in [-0.39, 0.29) is 31.1 Å². The van der Waals surface area contributed by atoms with Crippen molar-refractivity contribution in [3.8, 4) is 0 Å². The summed E-state index contributed by atoms with van der Waals surface area (Å²) in [5.74, 6) is -0.978. The van der Waals surface area contributed by atoms with Crippen molar-refractivity contribution in [2.24, 2.45) is 0 Å². The van der Waals surface area contributed by atoms with Crippen molar-refractivity contribution >= 4 is 17.9 Å². The molecule has 1 atom stereocenters. The zero-order valence-corrected chi connectivity index (χ0v) is 36.8. The molecular formula is C51H84O6. The summed E-state index contributed by atoms with van der Waals surface area (Å²) in [6.45, 7) is 6.37. The van der Waals surface area contributed by atoms with Gasteiger partial charge in [0.05, 0.1) is 0 Å². The fraction of sp³-hybridized carbons (Fsp3) is 0.667. The van der Waals surface area contributed by atoms with Crippen molar-refractivity contribution in [1.29, 1.82) is 0 Å². The summed E-state index contributed by atoms with van der Waals surface area (Å²) in [4.78, 5) is 37.8. The van der Waals surface area contributed by atoms with Crippen molar-refractivity contribution in [2.75, 3.05) is 13.2 Å². The number of allylic oxidation sites excluding steroid dienone is 14. The van der Waals surface area contributed by atoms with Gasteiger partial charge in [-0.25, -0.2) is 0 Å². The summed E-state index contributed by atoms with van der Waals surface area (Å²) in [7, 11) is 0. The molecule has 0 amide bonds. The minimum absolute atomic E-state index is 0.102. The van der Waals surface area contributed by atoms with E-state index >= 15 is 0 Å². The van der Waals surface area contributed by atoms with Crippen LogP contribution >= 0.6 is 0 Å². The van der Waals surface area contributed by atoms with Crippen molar-refractivity contribution in [1.82, 2.24) is 0 Å². The van der Waals surface area contributed by atoms with Crippen LogP contribution in [0.3, 0.4) is 0 Å². The lowest BCUT2D eigenvalue weighted by Crippen LogP contribution is -2.30. The maximum Gasteiger partial charge on any atom is 0.306 e. The summed E-state index contributed by atoms with van der Waals surface area (Å²) < 4.78 is 16.7. The largest absolute Gasteiger partial charge is 0.462 e. The third-order valence-electron chi connectivity index (χ3n) is 9.48. The van der Waals surface area contributed by atoms with E-state index in [0.717, 1.165) is 96.3 Å². The predicted octanol–water partition coefficient (Wildman–Crippen LogP) is 14.9. The molecule has 0 fully saturated rings. The summed E-state index contributed by atoms with van der Waals surface area (Å²) >= 11 is 0. The number of rotatable bonds is 40. The topological polar surface area (TPSA) is 78.9 Å². The molecule has 0 heterocycles. The van der Waals surface area contributed by atoms with Gasteiger partial charge in [-0.05, 0) is 83.5 Å². The first kappa shape index (κ1) is 53.6. The Morgan fingerprint density at radius 3 is 1.19 bits per heavy atom. The van der Waals surface area contributed by atoms with Crippen LogP contribution < -0.4 is 0 Å². The third-order valence-corrected chi connectivity index (χ3v) is 9.48. The third kappa shape index (κ3) is 43.6. The van der Waals surface area contributed by atoms with Gasteiger partial charge in [0.1, 0.15) is 13.2 Å². The van der Waals surface area contributed by atoms with E-state index in [9.17, 15) is 14.4 Å². The van der Waals surface area contributed by atoms with Crippen molar-refractivity contribution in [3.05, 3.63) is 85.1 Å². The minimum Gasteiger partial charge on any atom is -0.462 e. The lowest BCUT2D eigenvalue weighted by atomic mass is 10.1. The highest BCUT2D eigenvalue weighted by Gasteiger charge is 2.19. The molecule has 6 heteroatoms. The van der Waals surface area contributed by atoms with E-state index in [4.69, 9.17) is 14.2 Å². The quantitative estimate of drug-likeness (QED) is 0.0202. The van der Waals surface area contributed by atoms with Gasteiger partial charge >= 0.3 is 17.9 Å². The van der Waals surface area contributed by atoms with E-state index in [2.05, 4.69) is 57.2 Å². The molecule has 0 aliphatic carbocycles. The van der Waals surface area contributed by atoms with Gasteiger partial charge in [0.25, 0.3) is 0 Å². The Balaban J connectivity index is 4.51. The molecule has 0 aromatic heterocycles. The SMILES string of the molecule is CC\C=C/C=C\C=C/C=C\C=C/CCCCCC(=O)OCC(COC(=O)CCCCCCC/C=C\CCCC)OC(=O)CCCCC/C=C\CCCCCCCC. The molecule has 0 N–H and O–H groups in total. The summed E-state index contributed by atoms with van der Waals surface area (Å²) in [5.41, 5.74) is 0. The summed E-state index contributed by atoms with van der Waals surface area (Å²) in [6.07, 6.45) is 57.0. The fourth-order valence-corrected chi connectivity index (χ4v) is 5.97. The fourth-order valence-electron chi connectivity index (χ4n) is 5.97. The van der Waals surface area contributed by atoms with Crippen LogP contribution in [0.15, 0.2) is 85.1 Å². The summed E-state index contributed by atoms with van der Waals surface area (Å²) in [5, 5.41) is 0. The zero-order chi connectivity index (χ0) is 41.5. The number of ether oxygens (including phenoxy) is 3. The van der Waals surface area contributed by atoms with Gasteiger partial charge in [0.15, 0.2) is 6.10 Å². The van der Waals surface area contributed by atoms with Gasteiger partial charge in [0.2, 0.25) is 0 Å². The second-order valence-electron chi connectivity index (χ2n) is 15.0. The molecule has 324 valence electrons. The number of carbonyl (C=O) groups is 3. The molecule has 0 radical (unpaired) electrons. The highest BCUT2D eigenvalue weighted by molar-refractivity contribution is 5.71. The van der Waals surface area contributed by atoms with Gasteiger partial charge in [0, 0.05) is 19.3 Å². The Labute approximate surface area is 350 Å². The standard InChI is InChI=1S/C51H84O6/c1-4-7-10-13-16-19-22-24-25-27-29-32-35-38-41-44-50(53)56-47-48(46-55-49(52)43-40-37-34-31-28-21-18-15-12-9-6-3)57-51(54)45-42-39-36-33-30-26-23-20-17-14-11-8-5-2/h7,10,13,15-16,18-19,22,24-27,29-30,48H,4-6,8-9,11-12,14,17,20-21,23,28,31-47H2,1-3H3/b10-7-,16-13-,18-15-,22-19-,25-24-,29-27-,30-26-. The minimum atomic E-state index is -0.803. The maximum absolute atomic E-state index is 12.7. The van der Waals surface area contributed by atoms with Gasteiger partial charge in [-0.15, -0.1) is 0 Å². The zero-order valence-electron chi connectivity index (χ0n) is 36.8. The molecule has 0 saturated carbocycles. The number of unbranched alkanes of at least 4 members (excludes halogenated alkanes) is 19. The molecule has 1 unspecified atom stereocenters. The highest BCUT2D eigenvalue weighted by Crippen LogP contribution is 2.12. The number of hydrogen-bond acceptors (Lipinski definition) is 6. The number of hydrogen-bond donors (Lipinski definition) is 0. The molecule has 0 aliphatic heterocycles. The molecule has 57 heavy (non-hydrogen) atoms. The Kier molecular flexibility index (Phi) is 42.6. The Morgan fingerprint density at radius 1 is 0.368 bits per heavy atom. The number of carbonyl (C=O) groups excluding carboxylic acids is 3. The van der Waals surface area contributed by atoms with Crippen LogP contribution in [0.1, 0.15) is 201 Å². The van der Waals surface area contributed by atoms with Gasteiger partial charge in [-0.1, -0.05) is 183 Å². The first-order chi connectivity index (χ1) is 28.0. The molecule has 0 rings (SSSR count). The second-order valence-corrected chi connectivity index (χ2v) is 15.0. The molecule has 0 aromatic rings. The molecule has 0 bridgehead atoms. The maximum atomic E-state index is 12.7. The second kappa shape index (κ2) is 45.3. The van der Waals surface area contributed by atoms with Crippen molar-refractivity contribution < 1.29 is 28.6 Å². The van der Waals surface area contributed by atoms with Crippen molar-refractivity contribution in [3.63, 3.8) is 0 Å². The normalized spacial score (nSPS) is 12.8. The Morgan fingerprint density at radius 2 is 0.719 bits per heavy atom. The van der Waals surface area contributed by atoms with Gasteiger partial charge in [-0.3, -0.25) is 14.4 Å². The van der Waals surface area contributed by atoms with Crippen LogP contribution in [0.5, 0.6) is 0 Å². The van der Waals surface area contributed by atoms with E-state index in [1.165, 1.54) is 64.2 Å². The van der Waals surface area contributed by atoms with Crippen LogP contribution in [-0.2, 0) is 28.6 Å². The van der Waals surface area contributed by atoms with Crippen molar-refractivity contribution in [2.45, 2.75) is 207 Å². The monoisotopic (exact) mass is 793 g/mol. The van der Waals surface area contributed by atoms with E-state index < -0.39 is 6.10 Å². The van der Waals surface area contributed by atoms with Crippen LogP contribution in [-0.4, -0.2) is 37.2 Å². The van der Waals surface area contributed by atoms with Gasteiger partial charge in [-0.2, -0.15) is 0 Å². The molecule has 0 saturated heterocycles. The highest BCUT2D eigenvalue weighted by atomic mass is 16.6. The molecular weight excluding hydrogens is 709 g/mol. The Bertz CT molecular complexity index is 1140. The Hall–Kier alpha value is -3.41. The van der Waals surface area contributed by atoms with Crippen LogP contribution in [0.4, 0.5) is 0 Å². The smallest absolute Gasteiger partial charge is 0.306 e. The first-order valence-corrected chi connectivity index (χ1v) is 23.2. The predicted molar refractivity (Wildman–Crippen MR) is 242 cm³/mol. The lowest BCUT2D eigenvalue weighted by molar-refractivity contribution is -0.167. The van der Waals surface area contributed by atoms with Crippen LogP contribution in [0.2, 0.25) is 0 Å².